The summed E-state index contributed by atoms with van der Waals surface area (Å²) < 4.78 is 0. The molecule has 4 nitrogen and oxygen atoms in total. The molecule has 1 aliphatic carbocycles. The van der Waals surface area contributed by atoms with E-state index in [1.165, 1.54) is 19.3 Å². The fraction of sp³-hybridized carbons (Fsp3) is 0.929. The van der Waals surface area contributed by atoms with E-state index in [4.69, 9.17) is 0 Å². The van der Waals surface area contributed by atoms with Crippen LogP contribution in [0.5, 0.6) is 0 Å². The number of carbonyl (C=O) groups excluding carboxylic acids is 1. The van der Waals surface area contributed by atoms with Crippen LogP contribution in [0.4, 0.5) is 0 Å². The van der Waals surface area contributed by atoms with Gasteiger partial charge in [0, 0.05) is 12.5 Å². The van der Waals surface area contributed by atoms with Crippen LogP contribution in [0, 0.1) is 0 Å². The average molecular weight is 254 g/mol. The highest BCUT2D eigenvalue weighted by atomic mass is 16.3. The number of aliphatic hydroxyl groups excluding tert-OH is 1. The second-order valence-corrected chi connectivity index (χ2v) is 5.71. The van der Waals surface area contributed by atoms with Gasteiger partial charge in [-0.25, -0.2) is 0 Å². The van der Waals surface area contributed by atoms with E-state index < -0.39 is 0 Å². The van der Waals surface area contributed by atoms with E-state index in [2.05, 4.69) is 10.6 Å². The Morgan fingerprint density at radius 1 is 1.17 bits per heavy atom. The van der Waals surface area contributed by atoms with Crippen LogP contribution in [0.2, 0.25) is 0 Å². The molecule has 3 N–H and O–H groups in total. The zero-order chi connectivity index (χ0) is 12.8. The van der Waals surface area contributed by atoms with Crippen LogP contribution in [0.3, 0.4) is 0 Å². The topological polar surface area (TPSA) is 61.4 Å². The molecule has 1 saturated carbocycles. The lowest BCUT2D eigenvalue weighted by Crippen LogP contribution is -2.45. The van der Waals surface area contributed by atoms with E-state index in [-0.39, 0.29) is 18.1 Å². The van der Waals surface area contributed by atoms with Crippen molar-refractivity contribution in [3.63, 3.8) is 0 Å². The van der Waals surface area contributed by atoms with Crippen LogP contribution >= 0.6 is 0 Å². The molecule has 2 rings (SSSR count). The molecule has 1 heterocycles. The van der Waals surface area contributed by atoms with Crippen molar-refractivity contribution in [3.05, 3.63) is 0 Å². The first kappa shape index (κ1) is 13.8. The Hall–Kier alpha value is -0.610. The molecule has 0 aromatic rings. The van der Waals surface area contributed by atoms with Gasteiger partial charge in [-0.3, -0.25) is 4.79 Å². The number of piperidine rings is 1. The standard InChI is InChI=1S/C14H26N2O2/c17-13-7-2-1-6-12(13)16-14(18)9-8-11-5-3-4-10-15-11/h11-13,15,17H,1-10H2,(H,16,18)/t11?,12-,13-/m1/s1. The van der Waals surface area contributed by atoms with Crippen molar-refractivity contribution in [3.8, 4) is 0 Å². The van der Waals surface area contributed by atoms with E-state index in [1.54, 1.807) is 0 Å². The lowest BCUT2D eigenvalue weighted by atomic mass is 9.92. The fourth-order valence-corrected chi connectivity index (χ4v) is 3.03. The number of carbonyl (C=O) groups is 1. The third-order valence-corrected chi connectivity index (χ3v) is 4.21. The number of hydrogen-bond acceptors (Lipinski definition) is 3. The number of nitrogens with one attached hydrogen (secondary N) is 2. The summed E-state index contributed by atoms with van der Waals surface area (Å²) in [6, 6.07) is 0.506. The molecular formula is C14H26N2O2. The molecule has 1 saturated heterocycles. The molecular weight excluding hydrogens is 228 g/mol. The molecule has 104 valence electrons. The Kier molecular flexibility index (Phi) is 5.45. The van der Waals surface area contributed by atoms with Gasteiger partial charge >= 0.3 is 0 Å². The maximum atomic E-state index is 11.8. The summed E-state index contributed by atoms with van der Waals surface area (Å²) in [4.78, 5) is 11.8. The highest BCUT2D eigenvalue weighted by molar-refractivity contribution is 5.76. The van der Waals surface area contributed by atoms with Gasteiger partial charge in [0.15, 0.2) is 0 Å². The summed E-state index contributed by atoms with van der Waals surface area (Å²) in [7, 11) is 0. The van der Waals surface area contributed by atoms with Crippen molar-refractivity contribution >= 4 is 5.91 Å². The molecule has 1 amide bonds. The van der Waals surface area contributed by atoms with Crippen molar-refractivity contribution in [1.82, 2.24) is 10.6 Å². The molecule has 0 radical (unpaired) electrons. The maximum absolute atomic E-state index is 11.8. The van der Waals surface area contributed by atoms with E-state index in [1.807, 2.05) is 0 Å². The summed E-state index contributed by atoms with van der Waals surface area (Å²) in [6.07, 6.45) is 8.86. The molecule has 2 fully saturated rings. The molecule has 0 aromatic carbocycles. The zero-order valence-corrected chi connectivity index (χ0v) is 11.2. The summed E-state index contributed by atoms with van der Waals surface area (Å²) in [6.45, 7) is 1.09. The van der Waals surface area contributed by atoms with Crippen molar-refractivity contribution in [2.75, 3.05) is 6.54 Å². The van der Waals surface area contributed by atoms with Crippen LogP contribution in [-0.4, -0.2) is 35.7 Å². The van der Waals surface area contributed by atoms with Gasteiger partial charge in [0.05, 0.1) is 12.1 Å². The molecule has 4 heteroatoms. The molecule has 0 aromatic heterocycles. The summed E-state index contributed by atoms with van der Waals surface area (Å²) in [5.41, 5.74) is 0. The lowest BCUT2D eigenvalue weighted by Gasteiger charge is -2.29. The number of aliphatic hydroxyl groups is 1. The van der Waals surface area contributed by atoms with Gasteiger partial charge in [0.2, 0.25) is 5.91 Å². The molecule has 18 heavy (non-hydrogen) atoms. The highest BCUT2D eigenvalue weighted by Crippen LogP contribution is 2.18. The molecule has 1 unspecified atom stereocenters. The van der Waals surface area contributed by atoms with Crippen LogP contribution in [0.25, 0.3) is 0 Å². The Bertz CT molecular complexity index is 265. The van der Waals surface area contributed by atoms with Crippen molar-refractivity contribution in [1.29, 1.82) is 0 Å². The van der Waals surface area contributed by atoms with Gasteiger partial charge in [-0.1, -0.05) is 19.3 Å². The van der Waals surface area contributed by atoms with Gasteiger partial charge in [0.25, 0.3) is 0 Å². The van der Waals surface area contributed by atoms with Gasteiger partial charge in [-0.05, 0) is 38.6 Å². The predicted molar refractivity (Wildman–Crippen MR) is 71.3 cm³/mol. The lowest BCUT2D eigenvalue weighted by molar-refractivity contribution is -0.123. The monoisotopic (exact) mass is 254 g/mol. The quantitative estimate of drug-likeness (QED) is 0.709. The van der Waals surface area contributed by atoms with Crippen LogP contribution < -0.4 is 10.6 Å². The Morgan fingerprint density at radius 2 is 1.94 bits per heavy atom. The van der Waals surface area contributed by atoms with Crippen LogP contribution in [0.15, 0.2) is 0 Å². The molecule has 0 spiro atoms. The Balaban J connectivity index is 1.64. The predicted octanol–water partition coefficient (Wildman–Crippen LogP) is 1.33. The third kappa shape index (κ3) is 4.25. The minimum atomic E-state index is -0.337. The number of amides is 1. The molecule has 1 aliphatic heterocycles. The highest BCUT2D eigenvalue weighted by Gasteiger charge is 2.24. The van der Waals surface area contributed by atoms with E-state index in [0.717, 1.165) is 38.6 Å². The summed E-state index contributed by atoms with van der Waals surface area (Å²) in [5.74, 6) is 0.105. The second kappa shape index (κ2) is 7.10. The Morgan fingerprint density at radius 3 is 2.67 bits per heavy atom. The first-order valence-corrected chi connectivity index (χ1v) is 7.46. The molecule has 0 bridgehead atoms. The summed E-state index contributed by atoms with van der Waals surface area (Å²) in [5, 5.41) is 16.3. The van der Waals surface area contributed by atoms with Crippen LogP contribution in [-0.2, 0) is 4.79 Å². The zero-order valence-electron chi connectivity index (χ0n) is 11.2. The first-order chi connectivity index (χ1) is 8.75. The minimum absolute atomic E-state index is 0.00874. The average Bonchev–Trinajstić information content (AvgIpc) is 2.40. The van der Waals surface area contributed by atoms with Gasteiger partial charge < -0.3 is 15.7 Å². The minimum Gasteiger partial charge on any atom is -0.391 e. The number of hydrogen-bond donors (Lipinski definition) is 3. The molecule has 2 aliphatic rings. The number of rotatable bonds is 4. The smallest absolute Gasteiger partial charge is 0.220 e. The fourth-order valence-electron chi connectivity index (χ4n) is 3.03. The van der Waals surface area contributed by atoms with Crippen molar-refractivity contribution in [2.24, 2.45) is 0 Å². The van der Waals surface area contributed by atoms with E-state index in [0.29, 0.717) is 12.5 Å². The largest absolute Gasteiger partial charge is 0.391 e. The van der Waals surface area contributed by atoms with Crippen LogP contribution in [0.1, 0.15) is 57.8 Å². The first-order valence-electron chi connectivity index (χ1n) is 7.46. The van der Waals surface area contributed by atoms with Gasteiger partial charge in [-0.2, -0.15) is 0 Å². The van der Waals surface area contributed by atoms with Gasteiger partial charge in [-0.15, -0.1) is 0 Å². The summed E-state index contributed by atoms with van der Waals surface area (Å²) >= 11 is 0. The molecule has 3 atom stereocenters. The second-order valence-electron chi connectivity index (χ2n) is 5.71. The Labute approximate surface area is 110 Å². The van der Waals surface area contributed by atoms with E-state index in [9.17, 15) is 9.90 Å². The van der Waals surface area contributed by atoms with Crippen molar-refractivity contribution in [2.45, 2.75) is 76.0 Å². The SMILES string of the molecule is O=C(CCC1CCCCN1)N[C@@H]1CCCC[C@H]1O. The van der Waals surface area contributed by atoms with Crippen molar-refractivity contribution < 1.29 is 9.90 Å². The normalized spacial score (nSPS) is 33.1. The van der Waals surface area contributed by atoms with Gasteiger partial charge in [0.1, 0.15) is 0 Å². The third-order valence-electron chi connectivity index (χ3n) is 4.21. The van der Waals surface area contributed by atoms with E-state index >= 15 is 0 Å². The maximum Gasteiger partial charge on any atom is 0.220 e.